The first-order valence-corrected chi connectivity index (χ1v) is 10.9. The molecule has 2 aromatic heterocycles. The minimum Gasteiger partial charge on any atom is -0.496 e. The van der Waals surface area contributed by atoms with E-state index in [0.29, 0.717) is 48.1 Å². The lowest BCUT2D eigenvalue weighted by atomic mass is 10.1. The van der Waals surface area contributed by atoms with Gasteiger partial charge in [-0.2, -0.15) is 0 Å². The van der Waals surface area contributed by atoms with E-state index in [1.54, 1.807) is 37.4 Å². The number of methoxy groups -OCH3 is 1. The van der Waals surface area contributed by atoms with Crippen molar-refractivity contribution in [3.8, 4) is 17.0 Å². The van der Waals surface area contributed by atoms with Gasteiger partial charge in [0.2, 0.25) is 0 Å². The molecule has 0 aliphatic carbocycles. The van der Waals surface area contributed by atoms with Crippen LogP contribution in [0.4, 0.5) is 15.9 Å². The van der Waals surface area contributed by atoms with Crippen LogP contribution in [-0.2, 0) is 6.54 Å². The molecule has 0 atom stereocenters. The number of aromatic nitrogens is 3. The lowest BCUT2D eigenvalue weighted by molar-refractivity contribution is 0.0698. The third-order valence-corrected chi connectivity index (χ3v) is 5.62. The van der Waals surface area contributed by atoms with E-state index in [9.17, 15) is 14.3 Å². The smallest absolute Gasteiger partial charge is 0.337 e. The molecule has 0 saturated carbocycles. The number of carbonyl (C=O) groups is 1. The molecule has 176 valence electrons. The zero-order chi connectivity index (χ0) is 24.2. The van der Waals surface area contributed by atoms with Crippen LogP contribution >= 0.6 is 0 Å². The zero-order valence-corrected chi connectivity index (χ0v) is 19.2. The van der Waals surface area contributed by atoms with Crippen LogP contribution in [0, 0.1) is 12.7 Å². The third kappa shape index (κ3) is 4.50. The van der Waals surface area contributed by atoms with Gasteiger partial charge in [0.15, 0.2) is 0 Å². The number of fused-ring (bicyclic) bond motifs is 1. The highest BCUT2D eigenvalue weighted by atomic mass is 19.1. The number of halogens is 1. The van der Waals surface area contributed by atoms with Crippen LogP contribution in [-0.4, -0.2) is 45.8 Å². The largest absolute Gasteiger partial charge is 0.496 e. The summed E-state index contributed by atoms with van der Waals surface area (Å²) < 4.78 is 21.9. The van der Waals surface area contributed by atoms with Crippen LogP contribution in [0.1, 0.15) is 23.0 Å². The SMILES string of the molecule is CCNc1cc(-c2cc(NCCn3c(C)cc4c(OC)ccc(F)c43)ncn2)ccc1C(=O)O. The molecule has 2 aromatic carbocycles. The summed E-state index contributed by atoms with van der Waals surface area (Å²) in [6.07, 6.45) is 1.45. The minimum absolute atomic E-state index is 0.205. The maximum Gasteiger partial charge on any atom is 0.337 e. The van der Waals surface area contributed by atoms with Crippen molar-refractivity contribution in [1.29, 1.82) is 0 Å². The van der Waals surface area contributed by atoms with Crippen LogP contribution in [0.3, 0.4) is 0 Å². The van der Waals surface area contributed by atoms with Crippen LogP contribution in [0.5, 0.6) is 5.75 Å². The predicted octanol–water partition coefficient (Wildman–Crippen LogP) is 4.80. The molecule has 0 saturated heterocycles. The number of hydrogen-bond acceptors (Lipinski definition) is 6. The molecular weight excluding hydrogens is 437 g/mol. The van der Waals surface area contributed by atoms with Crippen LogP contribution in [0.25, 0.3) is 22.2 Å². The molecule has 2 heterocycles. The molecule has 0 amide bonds. The predicted molar refractivity (Wildman–Crippen MR) is 130 cm³/mol. The first kappa shape index (κ1) is 23.0. The van der Waals surface area contributed by atoms with Gasteiger partial charge in [-0.15, -0.1) is 0 Å². The van der Waals surface area contributed by atoms with E-state index < -0.39 is 5.97 Å². The van der Waals surface area contributed by atoms with Gasteiger partial charge < -0.3 is 25.0 Å². The molecule has 0 unspecified atom stereocenters. The molecule has 0 fully saturated rings. The van der Waals surface area contributed by atoms with Gasteiger partial charge in [-0.1, -0.05) is 6.07 Å². The van der Waals surface area contributed by atoms with Crippen molar-refractivity contribution in [2.24, 2.45) is 0 Å². The first-order valence-electron chi connectivity index (χ1n) is 10.9. The monoisotopic (exact) mass is 463 g/mol. The summed E-state index contributed by atoms with van der Waals surface area (Å²) in [6.45, 7) is 5.47. The number of rotatable bonds is 9. The van der Waals surface area contributed by atoms with E-state index in [0.717, 1.165) is 16.6 Å². The van der Waals surface area contributed by atoms with Gasteiger partial charge in [0.05, 0.1) is 23.9 Å². The summed E-state index contributed by atoms with van der Waals surface area (Å²) in [5.74, 6) is -0.0362. The van der Waals surface area contributed by atoms with Gasteiger partial charge in [0, 0.05) is 48.0 Å². The second-order valence-electron chi connectivity index (χ2n) is 7.76. The van der Waals surface area contributed by atoms with E-state index >= 15 is 0 Å². The average Bonchev–Trinajstić information content (AvgIpc) is 3.16. The Morgan fingerprint density at radius 3 is 2.71 bits per heavy atom. The summed E-state index contributed by atoms with van der Waals surface area (Å²) in [6, 6.07) is 11.8. The average molecular weight is 464 g/mol. The second kappa shape index (κ2) is 9.78. The van der Waals surface area contributed by atoms with E-state index in [-0.39, 0.29) is 11.4 Å². The number of aryl methyl sites for hydroxylation is 1. The molecule has 8 nitrogen and oxygen atoms in total. The highest BCUT2D eigenvalue weighted by Crippen LogP contribution is 2.31. The fourth-order valence-electron chi connectivity index (χ4n) is 4.04. The van der Waals surface area contributed by atoms with E-state index in [2.05, 4.69) is 20.6 Å². The topological polar surface area (TPSA) is 101 Å². The fourth-order valence-corrected chi connectivity index (χ4v) is 4.04. The Bertz CT molecular complexity index is 1350. The van der Waals surface area contributed by atoms with Gasteiger partial charge in [-0.05, 0) is 44.2 Å². The molecule has 4 aromatic rings. The van der Waals surface area contributed by atoms with E-state index in [1.165, 1.54) is 12.4 Å². The molecule has 0 aliphatic heterocycles. The Morgan fingerprint density at radius 2 is 1.97 bits per heavy atom. The summed E-state index contributed by atoms with van der Waals surface area (Å²) >= 11 is 0. The number of carboxylic acids is 1. The number of anilines is 2. The first-order chi connectivity index (χ1) is 16.4. The lowest BCUT2D eigenvalue weighted by Gasteiger charge is -2.12. The van der Waals surface area contributed by atoms with Crippen molar-refractivity contribution in [3.05, 3.63) is 65.9 Å². The summed E-state index contributed by atoms with van der Waals surface area (Å²) in [7, 11) is 1.57. The lowest BCUT2D eigenvalue weighted by Crippen LogP contribution is -2.13. The number of hydrogen-bond donors (Lipinski definition) is 3. The fraction of sp³-hybridized carbons (Fsp3) is 0.240. The Kier molecular flexibility index (Phi) is 6.62. The van der Waals surface area contributed by atoms with Gasteiger partial charge in [0.25, 0.3) is 0 Å². The molecule has 9 heteroatoms. The van der Waals surface area contributed by atoms with Crippen molar-refractivity contribution in [3.63, 3.8) is 0 Å². The maximum atomic E-state index is 14.6. The minimum atomic E-state index is -0.991. The number of aromatic carboxylic acids is 1. The Labute approximate surface area is 196 Å². The molecule has 34 heavy (non-hydrogen) atoms. The Morgan fingerprint density at radius 1 is 1.15 bits per heavy atom. The third-order valence-electron chi connectivity index (χ3n) is 5.62. The number of carboxylic acid groups (broad SMARTS) is 1. The molecule has 3 N–H and O–H groups in total. The summed E-state index contributed by atoms with van der Waals surface area (Å²) in [4.78, 5) is 20.1. The van der Waals surface area contributed by atoms with Gasteiger partial charge in [0.1, 0.15) is 23.7 Å². The maximum absolute atomic E-state index is 14.6. The Hall–Kier alpha value is -4.14. The highest BCUT2D eigenvalue weighted by molar-refractivity contribution is 5.95. The quantitative estimate of drug-likeness (QED) is 0.328. The second-order valence-corrected chi connectivity index (χ2v) is 7.76. The van der Waals surface area contributed by atoms with Crippen LogP contribution in [0.15, 0.2) is 48.8 Å². The number of nitrogens with zero attached hydrogens (tertiary/aromatic N) is 3. The van der Waals surface area contributed by atoms with E-state index in [1.807, 2.05) is 24.5 Å². The summed E-state index contributed by atoms with van der Waals surface area (Å²) in [5, 5.41) is 16.5. The van der Waals surface area contributed by atoms with Crippen LogP contribution < -0.4 is 15.4 Å². The van der Waals surface area contributed by atoms with Crippen molar-refractivity contribution >= 4 is 28.4 Å². The molecule has 4 rings (SSSR count). The highest BCUT2D eigenvalue weighted by Gasteiger charge is 2.15. The van der Waals surface area contributed by atoms with E-state index in [4.69, 9.17) is 4.74 Å². The van der Waals surface area contributed by atoms with Gasteiger partial charge in [-0.25, -0.2) is 19.2 Å². The summed E-state index contributed by atoms with van der Waals surface area (Å²) in [5.41, 5.74) is 3.61. The number of ether oxygens (including phenoxy) is 1. The van der Waals surface area contributed by atoms with Gasteiger partial charge in [-0.3, -0.25) is 0 Å². The van der Waals surface area contributed by atoms with Crippen molar-refractivity contribution in [1.82, 2.24) is 14.5 Å². The molecule has 0 bridgehead atoms. The molecular formula is C25H26FN5O3. The standard InChI is InChI=1S/C25H26FN5O3/c1-4-27-21-12-16(5-6-17(21)25(32)33)20-13-23(30-14-29-20)28-9-10-31-15(2)11-18-22(34-3)8-7-19(26)24(18)31/h5-8,11-14,27H,4,9-10H2,1-3H3,(H,32,33)(H,28,29,30). The van der Waals surface area contributed by atoms with Crippen molar-refractivity contribution in [2.75, 3.05) is 30.8 Å². The normalized spacial score (nSPS) is 10.9. The molecule has 0 spiro atoms. The number of nitrogens with one attached hydrogen (secondary N) is 2. The number of benzene rings is 2. The van der Waals surface area contributed by atoms with Crippen LogP contribution in [0.2, 0.25) is 0 Å². The molecule has 0 aliphatic rings. The van der Waals surface area contributed by atoms with Crippen molar-refractivity contribution in [2.45, 2.75) is 20.4 Å². The zero-order valence-electron chi connectivity index (χ0n) is 19.2. The Balaban J connectivity index is 1.53. The molecule has 0 radical (unpaired) electrons. The van der Waals surface area contributed by atoms with Crippen molar-refractivity contribution < 1.29 is 19.0 Å². The van der Waals surface area contributed by atoms with Gasteiger partial charge >= 0.3 is 5.97 Å².